The van der Waals surface area contributed by atoms with Gasteiger partial charge in [-0.05, 0) is 28.7 Å². The molecule has 1 saturated carbocycles. The zero-order chi connectivity index (χ0) is 22.3. The average Bonchev–Trinajstić information content (AvgIpc) is 3.19. The molecule has 0 spiro atoms. The van der Waals surface area contributed by atoms with E-state index in [2.05, 4.69) is 5.92 Å². The number of nitrogens with zero attached hydrogens (tertiary/aromatic N) is 3. The normalized spacial score (nSPS) is 14.2. The van der Waals surface area contributed by atoms with E-state index < -0.39 is 5.97 Å². The van der Waals surface area contributed by atoms with E-state index in [1.54, 1.807) is 12.1 Å². The first-order chi connectivity index (χ1) is 15.6. The number of hydrogen-bond donors (Lipinski definition) is 1. The van der Waals surface area contributed by atoms with Crippen LogP contribution in [0.4, 0.5) is 0 Å². The molecule has 3 aromatic rings. The van der Waals surface area contributed by atoms with Crippen LogP contribution in [0.3, 0.4) is 0 Å². The molecule has 1 N–H and O–H groups in total. The summed E-state index contributed by atoms with van der Waals surface area (Å²) in [6.45, 7) is 0.623. The first-order valence-corrected chi connectivity index (χ1v) is 11.4. The Morgan fingerprint density at radius 3 is 2.56 bits per heavy atom. The Balaban J connectivity index is 1.52. The molecule has 0 unspecified atom stereocenters. The number of aryl methyl sites for hydroxylation is 1. The maximum Gasteiger partial charge on any atom is 0.336 e. The molecule has 164 valence electrons. The third kappa shape index (κ3) is 5.26. The van der Waals surface area contributed by atoms with Crippen molar-refractivity contribution in [2.24, 2.45) is 5.92 Å². The standard InChI is InChI=1S/C27H29N3O2/c1-2-3-13-26-28-25(18-20-9-5-4-6-10-20)29-30(26)19-21-14-16-22(17-15-21)23-11-7-8-12-24(23)27(31)32/h1,7-8,11-12,14-17,20H,3-6,9-10,13,18-19H2,(H,31,32). The van der Waals surface area contributed by atoms with Crippen LogP contribution >= 0.6 is 0 Å². The Hall–Kier alpha value is -3.39. The lowest BCUT2D eigenvalue weighted by molar-refractivity contribution is 0.0697. The van der Waals surface area contributed by atoms with E-state index in [1.165, 1.54) is 32.1 Å². The van der Waals surface area contributed by atoms with E-state index in [9.17, 15) is 9.90 Å². The molecule has 1 fully saturated rings. The molecular weight excluding hydrogens is 398 g/mol. The minimum atomic E-state index is -0.920. The van der Waals surface area contributed by atoms with E-state index in [4.69, 9.17) is 16.5 Å². The van der Waals surface area contributed by atoms with E-state index in [1.807, 2.05) is 41.1 Å². The molecule has 1 aliphatic carbocycles. The topological polar surface area (TPSA) is 68.0 Å². The number of benzene rings is 2. The van der Waals surface area contributed by atoms with Crippen molar-refractivity contribution in [2.45, 2.75) is 57.9 Å². The van der Waals surface area contributed by atoms with Crippen LogP contribution in [0.1, 0.15) is 66.1 Å². The number of aromatic nitrogens is 3. The van der Waals surface area contributed by atoms with Gasteiger partial charge in [0.25, 0.3) is 0 Å². The van der Waals surface area contributed by atoms with Crippen molar-refractivity contribution >= 4 is 5.97 Å². The van der Waals surface area contributed by atoms with Crippen molar-refractivity contribution in [3.8, 4) is 23.5 Å². The van der Waals surface area contributed by atoms with Crippen LogP contribution in [-0.4, -0.2) is 25.8 Å². The highest BCUT2D eigenvalue weighted by Gasteiger charge is 2.18. The van der Waals surface area contributed by atoms with Gasteiger partial charge in [0.15, 0.2) is 5.82 Å². The summed E-state index contributed by atoms with van der Waals surface area (Å²) < 4.78 is 1.98. The van der Waals surface area contributed by atoms with Gasteiger partial charge < -0.3 is 5.11 Å². The van der Waals surface area contributed by atoms with Gasteiger partial charge in [-0.1, -0.05) is 74.6 Å². The fraction of sp³-hybridized carbons (Fsp3) is 0.370. The molecule has 1 heterocycles. The molecule has 5 nitrogen and oxygen atoms in total. The van der Waals surface area contributed by atoms with Gasteiger partial charge in [0, 0.05) is 19.3 Å². The van der Waals surface area contributed by atoms with E-state index in [-0.39, 0.29) is 0 Å². The summed E-state index contributed by atoms with van der Waals surface area (Å²) in [5.74, 6) is 4.34. The molecule has 0 bridgehead atoms. The quantitative estimate of drug-likeness (QED) is 0.490. The van der Waals surface area contributed by atoms with Crippen LogP contribution in [0.2, 0.25) is 0 Å². The van der Waals surface area contributed by atoms with Crippen LogP contribution < -0.4 is 0 Å². The second kappa shape index (κ2) is 10.3. The van der Waals surface area contributed by atoms with Crippen molar-refractivity contribution < 1.29 is 9.90 Å². The monoisotopic (exact) mass is 427 g/mol. The molecule has 0 radical (unpaired) electrons. The summed E-state index contributed by atoms with van der Waals surface area (Å²) >= 11 is 0. The molecule has 0 amide bonds. The minimum absolute atomic E-state index is 0.306. The van der Waals surface area contributed by atoms with Crippen molar-refractivity contribution in [1.82, 2.24) is 14.8 Å². The Morgan fingerprint density at radius 1 is 1.09 bits per heavy atom. The highest BCUT2D eigenvalue weighted by atomic mass is 16.4. The summed E-state index contributed by atoms with van der Waals surface area (Å²) in [7, 11) is 0. The second-order valence-electron chi connectivity index (χ2n) is 8.56. The van der Waals surface area contributed by atoms with E-state index in [0.717, 1.165) is 41.2 Å². The first-order valence-electron chi connectivity index (χ1n) is 11.4. The predicted molar refractivity (Wildman–Crippen MR) is 125 cm³/mol. The van der Waals surface area contributed by atoms with Crippen molar-refractivity contribution in [1.29, 1.82) is 0 Å². The smallest absolute Gasteiger partial charge is 0.336 e. The highest BCUT2D eigenvalue weighted by molar-refractivity contribution is 5.95. The molecule has 32 heavy (non-hydrogen) atoms. The van der Waals surface area contributed by atoms with Gasteiger partial charge in [0.2, 0.25) is 0 Å². The van der Waals surface area contributed by atoms with Crippen molar-refractivity contribution in [2.75, 3.05) is 0 Å². The van der Waals surface area contributed by atoms with Crippen LogP contribution in [0.25, 0.3) is 11.1 Å². The average molecular weight is 428 g/mol. The molecule has 2 aromatic carbocycles. The number of carboxylic acids is 1. The van der Waals surface area contributed by atoms with Gasteiger partial charge in [0.05, 0.1) is 12.1 Å². The highest BCUT2D eigenvalue weighted by Crippen LogP contribution is 2.27. The van der Waals surface area contributed by atoms with Gasteiger partial charge in [-0.2, -0.15) is 5.10 Å². The lowest BCUT2D eigenvalue weighted by atomic mass is 9.87. The Bertz CT molecular complexity index is 1100. The number of carbonyl (C=O) groups is 1. The maximum absolute atomic E-state index is 11.5. The van der Waals surface area contributed by atoms with Gasteiger partial charge >= 0.3 is 5.97 Å². The number of hydrogen-bond acceptors (Lipinski definition) is 3. The number of rotatable bonds is 8. The Kier molecular flexibility index (Phi) is 7.01. The van der Waals surface area contributed by atoms with E-state index >= 15 is 0 Å². The SMILES string of the molecule is C#CCCc1nc(CC2CCCCC2)nn1Cc1ccc(-c2ccccc2C(=O)O)cc1. The number of carboxylic acid groups (broad SMARTS) is 1. The fourth-order valence-electron chi connectivity index (χ4n) is 4.54. The summed E-state index contributed by atoms with van der Waals surface area (Å²) in [5, 5.41) is 14.3. The largest absolute Gasteiger partial charge is 0.478 e. The lowest BCUT2D eigenvalue weighted by Gasteiger charge is -2.19. The lowest BCUT2D eigenvalue weighted by Crippen LogP contribution is -2.11. The van der Waals surface area contributed by atoms with Crippen LogP contribution in [0, 0.1) is 18.3 Å². The number of aromatic carboxylic acids is 1. The molecule has 4 rings (SSSR count). The van der Waals surface area contributed by atoms with Gasteiger partial charge in [0.1, 0.15) is 5.82 Å². The van der Waals surface area contributed by atoms with Crippen molar-refractivity contribution in [3.05, 3.63) is 71.3 Å². The third-order valence-corrected chi connectivity index (χ3v) is 6.24. The van der Waals surface area contributed by atoms with Crippen molar-refractivity contribution in [3.63, 3.8) is 0 Å². The third-order valence-electron chi connectivity index (χ3n) is 6.24. The molecule has 0 aliphatic heterocycles. The molecule has 1 aromatic heterocycles. The first kappa shape index (κ1) is 21.8. The molecule has 1 aliphatic rings. The summed E-state index contributed by atoms with van der Waals surface area (Å²) in [5.41, 5.74) is 3.01. The van der Waals surface area contributed by atoms with Gasteiger partial charge in [-0.15, -0.1) is 12.3 Å². The van der Waals surface area contributed by atoms with Gasteiger partial charge in [-0.25, -0.2) is 14.5 Å². The van der Waals surface area contributed by atoms with Crippen LogP contribution in [-0.2, 0) is 19.4 Å². The van der Waals surface area contributed by atoms with Crippen LogP contribution in [0.5, 0.6) is 0 Å². The van der Waals surface area contributed by atoms with Crippen LogP contribution in [0.15, 0.2) is 48.5 Å². The molecule has 0 atom stereocenters. The summed E-state index contributed by atoms with van der Waals surface area (Å²) in [6.07, 6.45) is 14.3. The minimum Gasteiger partial charge on any atom is -0.478 e. The Labute approximate surface area is 189 Å². The zero-order valence-corrected chi connectivity index (χ0v) is 18.3. The number of terminal acetylenes is 1. The molecule has 5 heteroatoms. The van der Waals surface area contributed by atoms with E-state index in [0.29, 0.717) is 24.4 Å². The molecule has 0 saturated heterocycles. The predicted octanol–water partition coefficient (Wildman–Crippen LogP) is 5.38. The summed E-state index contributed by atoms with van der Waals surface area (Å²) in [6, 6.07) is 15.1. The fourth-order valence-corrected chi connectivity index (χ4v) is 4.54. The second-order valence-corrected chi connectivity index (χ2v) is 8.56. The Morgan fingerprint density at radius 2 is 1.84 bits per heavy atom. The van der Waals surface area contributed by atoms with Gasteiger partial charge in [-0.3, -0.25) is 0 Å². The summed E-state index contributed by atoms with van der Waals surface area (Å²) in [4.78, 5) is 16.4. The molecular formula is C27H29N3O2. The maximum atomic E-state index is 11.5. The zero-order valence-electron chi connectivity index (χ0n) is 18.3.